The van der Waals surface area contributed by atoms with Crippen molar-refractivity contribution in [3.63, 3.8) is 0 Å². The van der Waals surface area contributed by atoms with E-state index in [4.69, 9.17) is 5.73 Å². The molecule has 2 heterocycles. The average Bonchev–Trinajstić information content (AvgIpc) is 2.59. The van der Waals surface area contributed by atoms with E-state index in [-0.39, 0.29) is 5.82 Å². The molecule has 0 bridgehead atoms. The number of aromatic nitrogens is 3. The first kappa shape index (κ1) is 11.6. The molecule has 4 nitrogen and oxygen atoms in total. The third-order valence-corrected chi connectivity index (χ3v) is 2.66. The fourth-order valence-electron chi connectivity index (χ4n) is 1.80. The number of aryl methyl sites for hydroxylation is 1. The Morgan fingerprint density at radius 3 is 2.76 bits per heavy atom. The first-order valence-corrected chi connectivity index (χ1v) is 5.56. The lowest BCUT2D eigenvalue weighted by molar-refractivity contribution is 0.621. The molecule has 0 aliphatic carbocycles. The smallest absolute Gasteiger partial charge is 0.141 e. The van der Waals surface area contributed by atoms with E-state index in [0.717, 1.165) is 24.1 Å². The Labute approximate surface area is 99.3 Å². The van der Waals surface area contributed by atoms with Crippen LogP contribution in [0.25, 0.3) is 11.4 Å². The van der Waals surface area contributed by atoms with Gasteiger partial charge in [-0.2, -0.15) is 5.10 Å². The van der Waals surface area contributed by atoms with Crippen molar-refractivity contribution >= 4 is 5.82 Å². The Kier molecular flexibility index (Phi) is 3.08. The van der Waals surface area contributed by atoms with Gasteiger partial charge < -0.3 is 5.73 Å². The second kappa shape index (κ2) is 4.53. The fourth-order valence-corrected chi connectivity index (χ4v) is 1.80. The number of nitrogen functional groups attached to an aromatic ring is 1. The molecular weight excluding hydrogens is 219 g/mol. The monoisotopic (exact) mass is 234 g/mol. The Morgan fingerprint density at radius 2 is 2.18 bits per heavy atom. The molecule has 2 aromatic rings. The van der Waals surface area contributed by atoms with E-state index in [1.54, 1.807) is 17.8 Å². The van der Waals surface area contributed by atoms with Crippen LogP contribution in [0.5, 0.6) is 0 Å². The minimum Gasteiger partial charge on any atom is -0.384 e. The normalized spacial score (nSPS) is 10.8. The van der Waals surface area contributed by atoms with Crippen molar-refractivity contribution < 1.29 is 4.39 Å². The highest BCUT2D eigenvalue weighted by Gasteiger charge is 2.15. The average molecular weight is 234 g/mol. The summed E-state index contributed by atoms with van der Waals surface area (Å²) in [5, 5.41) is 4.34. The van der Waals surface area contributed by atoms with E-state index >= 15 is 0 Å². The molecule has 2 rings (SSSR count). The first-order chi connectivity index (χ1) is 8.13. The van der Waals surface area contributed by atoms with Gasteiger partial charge in [0.15, 0.2) is 0 Å². The number of rotatable bonds is 3. The predicted octanol–water partition coefficient (Wildman–Crippen LogP) is 2.16. The third kappa shape index (κ3) is 2.13. The minimum absolute atomic E-state index is 0.352. The summed E-state index contributed by atoms with van der Waals surface area (Å²) in [6.45, 7) is 2.08. The predicted molar refractivity (Wildman–Crippen MR) is 64.8 cm³/mol. The summed E-state index contributed by atoms with van der Waals surface area (Å²) in [5.41, 5.74) is 8.33. The Bertz CT molecular complexity index is 516. The van der Waals surface area contributed by atoms with E-state index < -0.39 is 0 Å². The topological polar surface area (TPSA) is 56.7 Å². The lowest BCUT2D eigenvalue weighted by atomic mass is 10.1. The van der Waals surface area contributed by atoms with Crippen LogP contribution in [0.4, 0.5) is 10.2 Å². The van der Waals surface area contributed by atoms with Crippen molar-refractivity contribution in [1.82, 2.24) is 14.8 Å². The summed E-state index contributed by atoms with van der Waals surface area (Å²) in [5.74, 6) is 0.294. The highest BCUT2D eigenvalue weighted by Crippen LogP contribution is 2.26. The molecule has 0 atom stereocenters. The van der Waals surface area contributed by atoms with Gasteiger partial charge >= 0.3 is 0 Å². The van der Waals surface area contributed by atoms with Gasteiger partial charge in [-0.25, -0.2) is 4.39 Å². The molecule has 90 valence electrons. The van der Waals surface area contributed by atoms with Gasteiger partial charge in [0.2, 0.25) is 0 Å². The van der Waals surface area contributed by atoms with Crippen LogP contribution in [0.2, 0.25) is 0 Å². The molecule has 0 unspecified atom stereocenters. The molecule has 17 heavy (non-hydrogen) atoms. The highest BCUT2D eigenvalue weighted by molar-refractivity contribution is 5.65. The van der Waals surface area contributed by atoms with E-state index in [9.17, 15) is 4.39 Å². The Hall–Kier alpha value is -1.91. The largest absolute Gasteiger partial charge is 0.384 e. The summed E-state index contributed by atoms with van der Waals surface area (Å²) in [6.07, 6.45) is 3.01. The molecule has 0 fully saturated rings. The van der Waals surface area contributed by atoms with Crippen LogP contribution < -0.4 is 5.73 Å². The first-order valence-electron chi connectivity index (χ1n) is 5.56. The zero-order valence-corrected chi connectivity index (χ0v) is 9.94. The third-order valence-electron chi connectivity index (χ3n) is 2.66. The molecule has 0 radical (unpaired) electrons. The Balaban J connectivity index is 2.50. The molecule has 2 N–H and O–H groups in total. The molecule has 0 aliphatic heterocycles. The van der Waals surface area contributed by atoms with Crippen LogP contribution >= 0.6 is 0 Å². The van der Waals surface area contributed by atoms with Gasteiger partial charge in [0.05, 0.1) is 11.9 Å². The maximum absolute atomic E-state index is 12.8. The zero-order chi connectivity index (χ0) is 12.4. The number of halogens is 1. The van der Waals surface area contributed by atoms with Crippen LogP contribution in [0, 0.1) is 5.82 Å². The van der Waals surface area contributed by atoms with Crippen LogP contribution in [-0.4, -0.2) is 14.8 Å². The van der Waals surface area contributed by atoms with Gasteiger partial charge in [-0.05, 0) is 18.6 Å². The molecule has 0 aliphatic rings. The van der Waals surface area contributed by atoms with E-state index in [0.29, 0.717) is 11.5 Å². The van der Waals surface area contributed by atoms with Crippen molar-refractivity contribution in [3.8, 4) is 11.4 Å². The number of nitrogens with zero attached hydrogens (tertiary/aromatic N) is 3. The van der Waals surface area contributed by atoms with E-state index in [2.05, 4.69) is 17.0 Å². The van der Waals surface area contributed by atoms with E-state index in [1.165, 1.54) is 12.3 Å². The van der Waals surface area contributed by atoms with Crippen molar-refractivity contribution in [1.29, 1.82) is 0 Å². The van der Waals surface area contributed by atoms with Crippen molar-refractivity contribution in [2.24, 2.45) is 7.05 Å². The molecule has 0 saturated carbocycles. The lowest BCUT2D eigenvalue weighted by Crippen LogP contribution is -1.99. The van der Waals surface area contributed by atoms with Crippen molar-refractivity contribution in [2.75, 3.05) is 5.73 Å². The second-order valence-electron chi connectivity index (χ2n) is 3.95. The molecule has 0 amide bonds. The SMILES string of the molecule is CCCc1c(-c2ccc(F)cn2)nn(C)c1N. The molecule has 5 heteroatoms. The highest BCUT2D eigenvalue weighted by atomic mass is 19.1. The number of hydrogen-bond acceptors (Lipinski definition) is 3. The van der Waals surface area contributed by atoms with Crippen molar-refractivity contribution in [2.45, 2.75) is 19.8 Å². The molecule has 2 aromatic heterocycles. The lowest BCUT2D eigenvalue weighted by Gasteiger charge is -2.01. The van der Waals surface area contributed by atoms with Crippen LogP contribution in [0.1, 0.15) is 18.9 Å². The quantitative estimate of drug-likeness (QED) is 0.885. The van der Waals surface area contributed by atoms with Gasteiger partial charge in [-0.1, -0.05) is 13.3 Å². The summed E-state index contributed by atoms with van der Waals surface area (Å²) in [7, 11) is 1.79. The van der Waals surface area contributed by atoms with Crippen molar-refractivity contribution in [3.05, 3.63) is 29.7 Å². The summed E-state index contributed by atoms with van der Waals surface area (Å²) in [4.78, 5) is 4.04. The van der Waals surface area contributed by atoms with Gasteiger partial charge in [0.25, 0.3) is 0 Å². The maximum atomic E-state index is 12.8. The summed E-state index contributed by atoms with van der Waals surface area (Å²) < 4.78 is 14.5. The van der Waals surface area contributed by atoms with Gasteiger partial charge in [0.1, 0.15) is 17.3 Å². The van der Waals surface area contributed by atoms with Gasteiger partial charge in [-0.3, -0.25) is 9.67 Å². The van der Waals surface area contributed by atoms with Crippen LogP contribution in [-0.2, 0) is 13.5 Å². The van der Waals surface area contributed by atoms with Gasteiger partial charge in [0, 0.05) is 12.6 Å². The standard InChI is InChI=1S/C12H15FN4/c1-3-4-9-11(16-17(2)12(9)14)10-6-5-8(13)7-15-10/h5-7H,3-4,14H2,1-2H3. The maximum Gasteiger partial charge on any atom is 0.141 e. The zero-order valence-electron chi connectivity index (χ0n) is 9.94. The summed E-state index contributed by atoms with van der Waals surface area (Å²) in [6, 6.07) is 3.00. The minimum atomic E-state index is -0.352. The van der Waals surface area contributed by atoms with Gasteiger partial charge in [-0.15, -0.1) is 0 Å². The molecule has 0 saturated heterocycles. The molecule has 0 aromatic carbocycles. The summed E-state index contributed by atoms with van der Waals surface area (Å²) >= 11 is 0. The fraction of sp³-hybridized carbons (Fsp3) is 0.333. The molecule has 0 spiro atoms. The number of anilines is 1. The van der Waals surface area contributed by atoms with Crippen LogP contribution in [0.3, 0.4) is 0 Å². The number of hydrogen-bond donors (Lipinski definition) is 1. The van der Waals surface area contributed by atoms with Crippen LogP contribution in [0.15, 0.2) is 18.3 Å². The number of nitrogens with two attached hydrogens (primary N) is 1. The number of pyridine rings is 1. The Morgan fingerprint density at radius 1 is 1.41 bits per heavy atom. The molecular formula is C12H15FN4. The van der Waals surface area contributed by atoms with E-state index in [1.807, 2.05) is 0 Å². The second-order valence-corrected chi connectivity index (χ2v) is 3.95.